The van der Waals surface area contributed by atoms with E-state index in [1.807, 2.05) is 26.0 Å². The van der Waals surface area contributed by atoms with Gasteiger partial charge in [0.1, 0.15) is 35.4 Å². The van der Waals surface area contributed by atoms with Crippen molar-refractivity contribution in [2.45, 2.75) is 39.0 Å². The Balaban J connectivity index is 1.90. The van der Waals surface area contributed by atoms with E-state index in [9.17, 15) is 13.9 Å². The van der Waals surface area contributed by atoms with Crippen LogP contribution in [0.25, 0.3) is 10.9 Å². The summed E-state index contributed by atoms with van der Waals surface area (Å²) in [4.78, 5) is 3.89. The summed E-state index contributed by atoms with van der Waals surface area (Å²) in [7, 11) is 0. The second kappa shape index (κ2) is 7.45. The predicted octanol–water partition coefficient (Wildman–Crippen LogP) is 4.33. The number of aromatic nitrogens is 5. The van der Waals surface area contributed by atoms with E-state index in [-0.39, 0.29) is 12.1 Å². The van der Waals surface area contributed by atoms with E-state index < -0.39 is 23.3 Å². The van der Waals surface area contributed by atoms with E-state index in [0.29, 0.717) is 10.5 Å². The highest BCUT2D eigenvalue weighted by atomic mass is 35.5. The molecule has 0 bridgehead atoms. The molecule has 30 heavy (non-hydrogen) atoms. The van der Waals surface area contributed by atoms with Gasteiger partial charge < -0.3 is 5.11 Å². The Morgan fingerprint density at radius 1 is 1.20 bits per heavy atom. The normalized spacial score (nSPS) is 14.8. The molecule has 0 spiro atoms. The number of halogens is 3. The average Bonchev–Trinajstić information content (AvgIpc) is 3.29. The van der Waals surface area contributed by atoms with Crippen LogP contribution in [0.15, 0.2) is 43.0 Å². The fourth-order valence-corrected chi connectivity index (χ4v) is 4.15. The lowest BCUT2D eigenvalue weighted by Gasteiger charge is -2.35. The Hall–Kier alpha value is -2.84. The van der Waals surface area contributed by atoms with Crippen molar-refractivity contribution >= 4 is 22.5 Å². The third-order valence-corrected chi connectivity index (χ3v) is 5.76. The number of nitrogens with zero attached hydrogens (tertiary/aromatic N) is 5. The number of fused-ring (bicyclic) bond motifs is 1. The Morgan fingerprint density at radius 2 is 1.97 bits per heavy atom. The summed E-state index contributed by atoms with van der Waals surface area (Å²) in [6.45, 7) is 5.40. The average molecular weight is 432 g/mol. The van der Waals surface area contributed by atoms with Gasteiger partial charge in [-0.15, -0.1) is 0 Å². The monoisotopic (exact) mass is 431 g/mol. The van der Waals surface area contributed by atoms with Crippen molar-refractivity contribution in [1.29, 1.82) is 0 Å². The zero-order valence-electron chi connectivity index (χ0n) is 16.6. The SMILES string of the molecule is Cc1cc(Cl)c2nn([C@H](C)[C@](O)(Cn3cncn3)c3ccc(F)cc3F)c(C)c2c1. The van der Waals surface area contributed by atoms with Gasteiger partial charge in [-0.3, -0.25) is 4.68 Å². The second-order valence-corrected chi connectivity index (χ2v) is 7.90. The van der Waals surface area contributed by atoms with E-state index in [4.69, 9.17) is 11.6 Å². The highest BCUT2D eigenvalue weighted by Gasteiger charge is 2.41. The molecule has 4 rings (SSSR count). The van der Waals surface area contributed by atoms with Crippen LogP contribution in [0, 0.1) is 25.5 Å². The summed E-state index contributed by atoms with van der Waals surface area (Å²) >= 11 is 6.38. The summed E-state index contributed by atoms with van der Waals surface area (Å²) in [5.41, 5.74) is 0.468. The predicted molar refractivity (Wildman–Crippen MR) is 109 cm³/mol. The van der Waals surface area contributed by atoms with Crippen molar-refractivity contribution in [2.24, 2.45) is 0 Å². The van der Waals surface area contributed by atoms with Gasteiger partial charge in [0.2, 0.25) is 0 Å². The first-order chi connectivity index (χ1) is 14.2. The van der Waals surface area contributed by atoms with E-state index >= 15 is 0 Å². The molecule has 2 heterocycles. The molecule has 0 amide bonds. The first-order valence-corrected chi connectivity index (χ1v) is 9.74. The van der Waals surface area contributed by atoms with Crippen LogP contribution >= 0.6 is 11.6 Å². The maximum Gasteiger partial charge on any atom is 0.137 e. The largest absolute Gasteiger partial charge is 0.381 e. The third kappa shape index (κ3) is 3.36. The molecular weight excluding hydrogens is 412 g/mol. The van der Waals surface area contributed by atoms with E-state index in [1.54, 1.807) is 11.6 Å². The fraction of sp³-hybridized carbons (Fsp3) is 0.286. The maximum absolute atomic E-state index is 14.8. The first-order valence-electron chi connectivity index (χ1n) is 9.36. The van der Waals surface area contributed by atoms with Gasteiger partial charge in [0.25, 0.3) is 0 Å². The molecular formula is C21H20ClF2N5O. The molecule has 0 aliphatic rings. The summed E-state index contributed by atoms with van der Waals surface area (Å²) in [5.74, 6) is -1.58. The van der Waals surface area contributed by atoms with Crippen molar-refractivity contribution in [3.05, 3.63) is 76.5 Å². The van der Waals surface area contributed by atoms with Crippen molar-refractivity contribution in [3.8, 4) is 0 Å². The summed E-state index contributed by atoms with van der Waals surface area (Å²) in [5, 5.41) is 21.8. The minimum atomic E-state index is -1.81. The third-order valence-electron chi connectivity index (χ3n) is 5.47. The van der Waals surface area contributed by atoms with Crippen LogP contribution in [0.2, 0.25) is 5.02 Å². The van der Waals surface area contributed by atoms with Gasteiger partial charge in [-0.25, -0.2) is 18.4 Å². The molecule has 0 unspecified atom stereocenters. The summed E-state index contributed by atoms with van der Waals surface area (Å²) < 4.78 is 31.3. The molecule has 0 fully saturated rings. The van der Waals surface area contributed by atoms with Crippen molar-refractivity contribution in [1.82, 2.24) is 24.5 Å². The van der Waals surface area contributed by atoms with E-state index in [2.05, 4.69) is 15.2 Å². The topological polar surface area (TPSA) is 68.8 Å². The number of rotatable bonds is 5. The van der Waals surface area contributed by atoms with Crippen LogP contribution in [0.1, 0.15) is 29.8 Å². The zero-order valence-corrected chi connectivity index (χ0v) is 17.4. The highest BCUT2D eigenvalue weighted by Crippen LogP contribution is 2.39. The minimum Gasteiger partial charge on any atom is -0.381 e. The van der Waals surface area contributed by atoms with Crippen LogP contribution in [0.4, 0.5) is 8.78 Å². The number of aliphatic hydroxyl groups is 1. The number of hydrogen-bond donors (Lipinski definition) is 1. The van der Waals surface area contributed by atoms with Gasteiger partial charge in [-0.2, -0.15) is 10.2 Å². The van der Waals surface area contributed by atoms with Crippen LogP contribution < -0.4 is 0 Å². The Kier molecular flexibility index (Phi) is 5.07. The number of benzene rings is 2. The molecule has 0 aliphatic heterocycles. The van der Waals surface area contributed by atoms with E-state index in [0.717, 1.165) is 28.8 Å². The summed E-state index contributed by atoms with van der Waals surface area (Å²) in [6, 6.07) is 6.14. The first kappa shape index (κ1) is 20.4. The smallest absolute Gasteiger partial charge is 0.137 e. The van der Waals surface area contributed by atoms with Crippen molar-refractivity contribution in [2.75, 3.05) is 0 Å². The number of hydrogen-bond acceptors (Lipinski definition) is 4. The molecule has 9 heteroatoms. The molecule has 1 N–H and O–H groups in total. The van der Waals surface area contributed by atoms with E-state index in [1.165, 1.54) is 23.4 Å². The molecule has 0 saturated carbocycles. The minimum absolute atomic E-state index is 0.0619. The van der Waals surface area contributed by atoms with Gasteiger partial charge in [0.05, 0.1) is 17.6 Å². The molecule has 6 nitrogen and oxygen atoms in total. The quantitative estimate of drug-likeness (QED) is 0.510. The van der Waals surface area contributed by atoms with Crippen molar-refractivity contribution < 1.29 is 13.9 Å². The maximum atomic E-state index is 14.8. The zero-order chi connectivity index (χ0) is 21.6. The Bertz CT molecular complexity index is 1220. The molecule has 0 saturated heterocycles. The Labute approximate surface area is 176 Å². The fourth-order valence-electron chi connectivity index (χ4n) is 3.84. The van der Waals surface area contributed by atoms with Crippen LogP contribution in [0.3, 0.4) is 0 Å². The van der Waals surface area contributed by atoms with Crippen LogP contribution in [-0.4, -0.2) is 29.7 Å². The van der Waals surface area contributed by atoms with Crippen LogP contribution in [0.5, 0.6) is 0 Å². The molecule has 2 aromatic carbocycles. The lowest BCUT2D eigenvalue weighted by molar-refractivity contribution is -0.0372. The standard InChI is InChI=1S/C21H20ClF2N5O/c1-12-6-16-13(2)29(27-20(16)18(22)7-12)14(3)21(30,9-28-11-25-10-26-28)17-5-4-15(23)8-19(17)24/h4-8,10-11,14,30H,9H2,1-3H3/t14-,21-/m1/s1. The van der Waals surface area contributed by atoms with Crippen molar-refractivity contribution in [3.63, 3.8) is 0 Å². The molecule has 2 atom stereocenters. The lowest BCUT2D eigenvalue weighted by atomic mass is 9.86. The molecule has 0 radical (unpaired) electrons. The van der Waals surface area contributed by atoms with Gasteiger partial charge in [-0.05, 0) is 44.5 Å². The Morgan fingerprint density at radius 3 is 2.63 bits per heavy atom. The molecule has 2 aromatic heterocycles. The molecule has 0 aliphatic carbocycles. The summed E-state index contributed by atoms with van der Waals surface area (Å²) in [6.07, 6.45) is 2.74. The second-order valence-electron chi connectivity index (χ2n) is 7.49. The molecule has 156 valence electrons. The van der Waals surface area contributed by atoms with Gasteiger partial charge in [0.15, 0.2) is 0 Å². The van der Waals surface area contributed by atoms with Gasteiger partial charge in [-0.1, -0.05) is 17.7 Å². The van der Waals surface area contributed by atoms with Gasteiger partial charge >= 0.3 is 0 Å². The highest BCUT2D eigenvalue weighted by molar-refractivity contribution is 6.35. The number of aryl methyl sites for hydroxylation is 2. The van der Waals surface area contributed by atoms with Gasteiger partial charge in [0, 0.05) is 22.7 Å². The van der Waals surface area contributed by atoms with Crippen LogP contribution in [-0.2, 0) is 12.1 Å². The molecule has 4 aromatic rings. The lowest BCUT2D eigenvalue weighted by Crippen LogP contribution is -2.41.